The van der Waals surface area contributed by atoms with E-state index in [1.54, 1.807) is 74.4 Å². The molecule has 3 rings (SSSR count). The van der Waals surface area contributed by atoms with Gasteiger partial charge >= 0.3 is 0 Å². The highest BCUT2D eigenvalue weighted by atomic mass is 16.4. The fraction of sp³-hybridized carbons (Fsp3) is 0.150. The summed E-state index contributed by atoms with van der Waals surface area (Å²) in [4.78, 5) is 26.1. The number of hydrogen-bond donors (Lipinski definition) is 1. The third-order valence-corrected chi connectivity index (χ3v) is 4.04. The van der Waals surface area contributed by atoms with Crippen LogP contribution < -0.4 is 5.32 Å². The van der Waals surface area contributed by atoms with E-state index in [1.807, 2.05) is 0 Å². The van der Waals surface area contributed by atoms with E-state index in [0.29, 0.717) is 22.9 Å². The number of carbonyl (C=O) groups is 2. The van der Waals surface area contributed by atoms with Crippen LogP contribution in [0.3, 0.4) is 0 Å². The summed E-state index contributed by atoms with van der Waals surface area (Å²) in [5.41, 5.74) is 1.39. The molecule has 0 bridgehead atoms. The fourth-order valence-electron chi connectivity index (χ4n) is 2.71. The number of aryl methyl sites for hydroxylation is 1. The summed E-state index contributed by atoms with van der Waals surface area (Å²) in [6.07, 6.45) is 3.47. The van der Waals surface area contributed by atoms with Gasteiger partial charge < -0.3 is 14.6 Å². The molecule has 0 aliphatic carbocycles. The first-order chi connectivity index (χ1) is 12.9. The van der Waals surface area contributed by atoms with Crippen molar-refractivity contribution < 1.29 is 14.0 Å². The van der Waals surface area contributed by atoms with Crippen LogP contribution in [-0.4, -0.2) is 35.4 Å². The topological polar surface area (TPSA) is 91.3 Å². The van der Waals surface area contributed by atoms with Gasteiger partial charge in [0.1, 0.15) is 23.0 Å². The minimum Gasteiger partial charge on any atom is -0.443 e. The number of carbonyl (C=O) groups excluding carboxylic acids is 2. The molecule has 0 saturated carbocycles. The summed E-state index contributed by atoms with van der Waals surface area (Å²) in [7, 11) is 3.34. The molecule has 0 aliphatic rings. The number of anilines is 1. The van der Waals surface area contributed by atoms with Gasteiger partial charge in [-0.25, -0.2) is 0 Å². The van der Waals surface area contributed by atoms with Gasteiger partial charge in [-0.1, -0.05) is 0 Å². The van der Waals surface area contributed by atoms with Crippen LogP contribution in [0.15, 0.2) is 53.2 Å². The van der Waals surface area contributed by atoms with E-state index < -0.39 is 5.91 Å². The van der Waals surface area contributed by atoms with Crippen molar-refractivity contribution >= 4 is 17.5 Å². The van der Waals surface area contributed by atoms with Crippen molar-refractivity contribution in [2.45, 2.75) is 6.92 Å². The van der Waals surface area contributed by atoms with Crippen molar-refractivity contribution in [3.63, 3.8) is 0 Å². The van der Waals surface area contributed by atoms with Crippen molar-refractivity contribution in [3.8, 4) is 12.0 Å². The number of nitrogens with one attached hydrogen (secondary N) is 1. The Bertz CT molecular complexity index is 1020. The van der Waals surface area contributed by atoms with Crippen molar-refractivity contribution in [2.75, 3.05) is 19.4 Å². The Balaban J connectivity index is 1.87. The Kier molecular flexibility index (Phi) is 4.81. The van der Waals surface area contributed by atoms with Crippen LogP contribution >= 0.6 is 0 Å². The molecule has 0 spiro atoms. The Morgan fingerprint density at radius 3 is 2.33 bits per heavy atom. The van der Waals surface area contributed by atoms with E-state index in [4.69, 9.17) is 4.42 Å². The molecule has 7 nitrogen and oxygen atoms in total. The second-order valence-corrected chi connectivity index (χ2v) is 6.15. The van der Waals surface area contributed by atoms with Crippen LogP contribution in [0.5, 0.6) is 0 Å². The van der Waals surface area contributed by atoms with Gasteiger partial charge in [-0.05, 0) is 43.3 Å². The second kappa shape index (κ2) is 7.22. The molecule has 2 amide bonds. The number of amides is 2. The number of nitrogens with zero attached hydrogens (tertiary/aromatic N) is 3. The number of furan rings is 1. The van der Waals surface area contributed by atoms with Gasteiger partial charge in [0.05, 0.1) is 0 Å². The quantitative estimate of drug-likeness (QED) is 0.771. The molecule has 27 heavy (non-hydrogen) atoms. The summed E-state index contributed by atoms with van der Waals surface area (Å²) in [6.45, 7) is 1.64. The minimum atomic E-state index is -0.446. The van der Waals surface area contributed by atoms with Gasteiger partial charge in [-0.15, -0.1) is 0 Å². The molecule has 0 unspecified atom stereocenters. The predicted octanol–water partition coefficient (Wildman–Crippen LogP) is 3.20. The van der Waals surface area contributed by atoms with Crippen molar-refractivity contribution in [2.24, 2.45) is 0 Å². The number of hydrogen-bond acceptors (Lipinski definition) is 4. The molecule has 0 fully saturated rings. The van der Waals surface area contributed by atoms with Crippen LogP contribution in [0.4, 0.5) is 5.69 Å². The summed E-state index contributed by atoms with van der Waals surface area (Å²) >= 11 is 0. The first kappa shape index (κ1) is 18.0. The van der Waals surface area contributed by atoms with E-state index in [0.717, 1.165) is 0 Å². The molecule has 0 aliphatic heterocycles. The standard InChI is InChI=1S/C20H18N4O3/c1-13-17(16(12-21)20(27-13)24-10-4-5-11-24)18(25)22-15-8-6-14(7-9-15)19(26)23(2)3/h4-11H,1-3H3,(H,22,25). The van der Waals surface area contributed by atoms with Crippen LogP contribution in [0, 0.1) is 18.3 Å². The second-order valence-electron chi connectivity index (χ2n) is 6.15. The lowest BCUT2D eigenvalue weighted by atomic mass is 10.1. The summed E-state index contributed by atoms with van der Waals surface area (Å²) < 4.78 is 7.29. The molecule has 0 radical (unpaired) electrons. The monoisotopic (exact) mass is 362 g/mol. The van der Waals surface area contributed by atoms with Gasteiger partial charge in [-0.2, -0.15) is 5.26 Å². The summed E-state index contributed by atoms with van der Waals surface area (Å²) in [6, 6.07) is 12.2. The Morgan fingerprint density at radius 2 is 1.78 bits per heavy atom. The zero-order valence-electron chi connectivity index (χ0n) is 15.2. The molecule has 7 heteroatoms. The zero-order valence-corrected chi connectivity index (χ0v) is 15.2. The normalized spacial score (nSPS) is 10.3. The largest absolute Gasteiger partial charge is 0.443 e. The predicted molar refractivity (Wildman–Crippen MR) is 99.9 cm³/mol. The molecule has 0 saturated heterocycles. The molecule has 1 N–H and O–H groups in total. The molecule has 136 valence electrons. The molecule has 2 heterocycles. The molecule has 3 aromatic rings. The zero-order chi connectivity index (χ0) is 19.6. The van der Waals surface area contributed by atoms with Crippen molar-refractivity contribution in [1.82, 2.24) is 9.47 Å². The number of rotatable bonds is 4. The van der Waals surface area contributed by atoms with Crippen LogP contribution in [-0.2, 0) is 0 Å². The van der Waals surface area contributed by atoms with E-state index in [1.165, 1.54) is 4.90 Å². The molecule has 0 atom stereocenters. The third-order valence-electron chi connectivity index (χ3n) is 4.04. The lowest BCUT2D eigenvalue weighted by molar-refractivity contribution is 0.0827. The van der Waals surface area contributed by atoms with E-state index in [9.17, 15) is 14.9 Å². The lowest BCUT2D eigenvalue weighted by Gasteiger charge is -2.11. The Labute approximate surface area is 156 Å². The minimum absolute atomic E-state index is 0.123. The number of aromatic nitrogens is 1. The maximum atomic E-state index is 12.7. The van der Waals surface area contributed by atoms with Crippen molar-refractivity contribution in [1.29, 1.82) is 5.26 Å². The SMILES string of the molecule is Cc1oc(-n2cccc2)c(C#N)c1C(=O)Nc1ccc(C(=O)N(C)C)cc1. The van der Waals surface area contributed by atoms with Crippen LogP contribution in [0.25, 0.3) is 5.88 Å². The first-order valence-electron chi connectivity index (χ1n) is 8.22. The highest BCUT2D eigenvalue weighted by Gasteiger charge is 2.24. The Hall–Kier alpha value is -3.79. The van der Waals surface area contributed by atoms with Crippen molar-refractivity contribution in [3.05, 3.63) is 71.2 Å². The molecule has 2 aromatic heterocycles. The highest BCUT2D eigenvalue weighted by Crippen LogP contribution is 2.26. The molecule has 1 aromatic carbocycles. The average molecular weight is 362 g/mol. The lowest BCUT2D eigenvalue weighted by Crippen LogP contribution is -2.21. The van der Waals surface area contributed by atoms with E-state index in [2.05, 4.69) is 11.4 Å². The Morgan fingerprint density at radius 1 is 1.15 bits per heavy atom. The molecular weight excluding hydrogens is 344 g/mol. The number of nitriles is 1. The van der Waals surface area contributed by atoms with Gasteiger partial charge in [0.25, 0.3) is 11.8 Å². The number of benzene rings is 1. The maximum absolute atomic E-state index is 12.7. The van der Waals surface area contributed by atoms with E-state index in [-0.39, 0.29) is 17.0 Å². The maximum Gasteiger partial charge on any atom is 0.260 e. The third kappa shape index (κ3) is 3.46. The summed E-state index contributed by atoms with van der Waals surface area (Å²) in [5, 5.41) is 12.3. The van der Waals surface area contributed by atoms with E-state index >= 15 is 0 Å². The van der Waals surface area contributed by atoms with Gasteiger partial charge in [-0.3, -0.25) is 14.2 Å². The molecular formula is C20H18N4O3. The summed E-state index contributed by atoms with van der Waals surface area (Å²) in [5.74, 6) is 0.0869. The van der Waals surface area contributed by atoms with Gasteiger partial charge in [0.15, 0.2) is 0 Å². The average Bonchev–Trinajstić information content (AvgIpc) is 3.28. The first-order valence-corrected chi connectivity index (χ1v) is 8.22. The van der Waals surface area contributed by atoms with Gasteiger partial charge in [0, 0.05) is 37.7 Å². The smallest absolute Gasteiger partial charge is 0.260 e. The van der Waals surface area contributed by atoms with Gasteiger partial charge in [0.2, 0.25) is 5.88 Å². The fourth-order valence-corrected chi connectivity index (χ4v) is 2.71. The van der Waals surface area contributed by atoms with Crippen LogP contribution in [0.2, 0.25) is 0 Å². The van der Waals surface area contributed by atoms with Crippen LogP contribution in [0.1, 0.15) is 32.0 Å². The highest BCUT2D eigenvalue weighted by molar-refractivity contribution is 6.07.